The monoisotopic (exact) mass is 839 g/mol. The molecule has 0 radical (unpaired) electrons. The Labute approximate surface area is 382 Å². The molecule has 2 nitrogen and oxygen atoms in total. The maximum Gasteiger partial charge on any atom is 0.159 e. The van der Waals surface area contributed by atoms with E-state index in [1.165, 1.54) is 76.5 Å². The largest absolute Gasteiger partial charge is 0.454 e. The highest BCUT2D eigenvalue weighted by molar-refractivity contribution is 6.22. The van der Waals surface area contributed by atoms with Crippen LogP contribution in [-0.2, 0) is 0 Å². The van der Waals surface area contributed by atoms with Gasteiger partial charge in [0.1, 0.15) is 5.58 Å². The van der Waals surface area contributed by atoms with E-state index in [-0.39, 0.29) is 0 Å². The molecule has 0 unspecified atom stereocenters. The van der Waals surface area contributed by atoms with Crippen LogP contribution in [0.3, 0.4) is 0 Å². The lowest BCUT2D eigenvalue weighted by Crippen LogP contribution is -2.10. The Hall–Kier alpha value is -8.72. The van der Waals surface area contributed by atoms with E-state index in [2.05, 4.69) is 248 Å². The van der Waals surface area contributed by atoms with Crippen molar-refractivity contribution in [3.05, 3.63) is 249 Å². The van der Waals surface area contributed by atoms with Crippen LogP contribution in [0.15, 0.2) is 253 Å². The zero-order valence-corrected chi connectivity index (χ0v) is 36.0. The number of furan rings is 1. The maximum absolute atomic E-state index is 6.74. The van der Waals surface area contributed by atoms with Crippen molar-refractivity contribution >= 4 is 82.1 Å². The van der Waals surface area contributed by atoms with Gasteiger partial charge in [0.25, 0.3) is 0 Å². The van der Waals surface area contributed by atoms with Crippen molar-refractivity contribution < 1.29 is 4.42 Å². The van der Waals surface area contributed by atoms with Gasteiger partial charge in [-0.2, -0.15) is 0 Å². The average molecular weight is 840 g/mol. The lowest BCUT2D eigenvalue weighted by Gasteiger charge is -2.26. The van der Waals surface area contributed by atoms with E-state index in [1.807, 2.05) is 6.07 Å². The number of para-hydroxylation sites is 2. The molecule has 0 aliphatic heterocycles. The van der Waals surface area contributed by atoms with Gasteiger partial charge in [-0.05, 0) is 130 Å². The van der Waals surface area contributed by atoms with Crippen LogP contribution in [0.1, 0.15) is 0 Å². The van der Waals surface area contributed by atoms with Gasteiger partial charge >= 0.3 is 0 Å². The van der Waals surface area contributed by atoms with Gasteiger partial charge in [0, 0.05) is 22.1 Å². The number of hydrogen-bond acceptors (Lipinski definition) is 2. The van der Waals surface area contributed by atoms with Crippen LogP contribution >= 0.6 is 0 Å². The van der Waals surface area contributed by atoms with Crippen LogP contribution in [0.5, 0.6) is 0 Å². The molecular formula is C64H41NO. The molecule has 0 N–H and O–H groups in total. The molecule has 66 heavy (non-hydrogen) atoms. The van der Waals surface area contributed by atoms with Gasteiger partial charge in [-0.25, -0.2) is 0 Å². The van der Waals surface area contributed by atoms with Crippen LogP contribution in [-0.4, -0.2) is 0 Å². The molecule has 13 aromatic rings. The molecule has 2 heteroatoms. The second-order valence-corrected chi connectivity index (χ2v) is 17.2. The van der Waals surface area contributed by atoms with Gasteiger partial charge in [-0.1, -0.05) is 206 Å². The van der Waals surface area contributed by atoms with E-state index >= 15 is 0 Å². The summed E-state index contributed by atoms with van der Waals surface area (Å²) < 4.78 is 6.74. The lowest BCUT2D eigenvalue weighted by molar-refractivity contribution is 0.669. The maximum atomic E-state index is 6.74. The highest BCUT2D eigenvalue weighted by atomic mass is 16.3. The number of nitrogens with zero attached hydrogens (tertiary/aromatic N) is 1. The van der Waals surface area contributed by atoms with E-state index in [4.69, 9.17) is 4.42 Å². The second kappa shape index (κ2) is 15.5. The normalized spacial score (nSPS) is 11.6. The van der Waals surface area contributed by atoms with E-state index in [0.717, 1.165) is 50.1 Å². The molecule has 0 fully saturated rings. The van der Waals surface area contributed by atoms with Crippen molar-refractivity contribution in [3.63, 3.8) is 0 Å². The van der Waals surface area contributed by atoms with Crippen LogP contribution in [0.25, 0.3) is 110 Å². The third-order valence-electron chi connectivity index (χ3n) is 13.4. The summed E-state index contributed by atoms with van der Waals surface area (Å²) in [4.78, 5) is 2.35. The Kier molecular flexibility index (Phi) is 8.89. The fourth-order valence-electron chi connectivity index (χ4n) is 10.4. The number of anilines is 3. The number of benzene rings is 12. The molecule has 1 aromatic heterocycles. The van der Waals surface area contributed by atoms with Crippen molar-refractivity contribution in [3.8, 4) is 44.5 Å². The number of hydrogen-bond donors (Lipinski definition) is 0. The zero-order chi connectivity index (χ0) is 43.6. The fraction of sp³-hybridized carbons (Fsp3) is 0. The SMILES string of the molecule is c1ccc(-c2c(-c3ccccc3)c3cc(-c4cccc(N(c5ccc(-c6cccc7c6ccc6ccccc67)cc5)c5cccc6c5oc5ccccc56)c4)ccc3c3ccccc23)cc1. The van der Waals surface area contributed by atoms with E-state index in [0.29, 0.717) is 0 Å². The Morgan fingerprint density at radius 1 is 0.273 bits per heavy atom. The van der Waals surface area contributed by atoms with E-state index in [9.17, 15) is 0 Å². The highest BCUT2D eigenvalue weighted by Crippen LogP contribution is 2.47. The van der Waals surface area contributed by atoms with Gasteiger partial charge < -0.3 is 9.32 Å². The summed E-state index contributed by atoms with van der Waals surface area (Å²) in [6.45, 7) is 0. The Morgan fingerprint density at radius 3 is 1.62 bits per heavy atom. The molecule has 0 bridgehead atoms. The summed E-state index contributed by atoms with van der Waals surface area (Å²) in [6.07, 6.45) is 0. The molecule has 0 aliphatic rings. The van der Waals surface area contributed by atoms with Gasteiger partial charge in [0.2, 0.25) is 0 Å². The van der Waals surface area contributed by atoms with Crippen LogP contribution in [0.2, 0.25) is 0 Å². The summed E-state index contributed by atoms with van der Waals surface area (Å²) >= 11 is 0. The first-order valence-electron chi connectivity index (χ1n) is 22.7. The van der Waals surface area contributed by atoms with Gasteiger partial charge in [0.05, 0.1) is 5.69 Å². The third-order valence-corrected chi connectivity index (χ3v) is 13.4. The van der Waals surface area contributed by atoms with Crippen molar-refractivity contribution in [1.29, 1.82) is 0 Å². The molecule has 0 saturated carbocycles. The van der Waals surface area contributed by atoms with Crippen LogP contribution in [0.4, 0.5) is 17.1 Å². The summed E-state index contributed by atoms with van der Waals surface area (Å²) in [5.74, 6) is 0. The quantitative estimate of drug-likeness (QED) is 0.149. The topological polar surface area (TPSA) is 16.4 Å². The van der Waals surface area contributed by atoms with Gasteiger partial charge in [-0.15, -0.1) is 0 Å². The number of fused-ring (bicyclic) bond motifs is 9. The summed E-state index contributed by atoms with van der Waals surface area (Å²) in [5, 5.41) is 12.2. The molecule has 1 heterocycles. The van der Waals surface area contributed by atoms with Gasteiger partial charge in [-0.3, -0.25) is 0 Å². The predicted molar refractivity (Wildman–Crippen MR) is 280 cm³/mol. The highest BCUT2D eigenvalue weighted by Gasteiger charge is 2.22. The van der Waals surface area contributed by atoms with Crippen LogP contribution in [0, 0.1) is 0 Å². The second-order valence-electron chi connectivity index (χ2n) is 17.2. The van der Waals surface area contributed by atoms with Crippen molar-refractivity contribution in [1.82, 2.24) is 0 Å². The number of rotatable bonds is 7. The molecular weight excluding hydrogens is 799 g/mol. The van der Waals surface area contributed by atoms with E-state index < -0.39 is 0 Å². The molecule has 13 rings (SSSR count). The molecule has 308 valence electrons. The minimum atomic E-state index is 0.854. The first-order valence-corrected chi connectivity index (χ1v) is 22.7. The first-order chi connectivity index (χ1) is 32.7. The zero-order valence-electron chi connectivity index (χ0n) is 36.0. The standard InChI is InChI=1S/C64H41NO/c1-3-17-44(18-4-1)62-57-26-10-9-24-53(57)55-39-35-47(41-59(55)63(62)45-19-5-2-6-20-45)46-21-13-22-49(40-46)65(60-30-15-29-58-56-25-11-12-31-61(56)66-64(58)60)48-36-32-43(33-37-48)51-27-14-28-52-50-23-8-7-16-42(50)34-38-54(51)52/h1-41H. The van der Waals surface area contributed by atoms with Crippen LogP contribution < -0.4 is 4.90 Å². The summed E-state index contributed by atoms with van der Waals surface area (Å²) in [5.41, 5.74) is 14.3. The van der Waals surface area contributed by atoms with Crippen molar-refractivity contribution in [2.45, 2.75) is 0 Å². The fourth-order valence-corrected chi connectivity index (χ4v) is 10.4. The summed E-state index contributed by atoms with van der Waals surface area (Å²) in [7, 11) is 0. The van der Waals surface area contributed by atoms with Gasteiger partial charge in [0.15, 0.2) is 5.58 Å². The Bertz CT molecular complexity index is 3980. The molecule has 0 spiro atoms. The minimum Gasteiger partial charge on any atom is -0.454 e. The van der Waals surface area contributed by atoms with Crippen molar-refractivity contribution in [2.24, 2.45) is 0 Å². The third kappa shape index (κ3) is 6.18. The predicted octanol–water partition coefficient (Wildman–Crippen LogP) is 18.3. The summed E-state index contributed by atoms with van der Waals surface area (Å²) in [6, 6.07) is 90.2. The van der Waals surface area contributed by atoms with E-state index in [1.54, 1.807) is 0 Å². The smallest absolute Gasteiger partial charge is 0.159 e. The first kappa shape index (κ1) is 37.8. The molecule has 0 amide bonds. The molecule has 0 aliphatic carbocycles. The average Bonchev–Trinajstić information content (AvgIpc) is 3.78. The lowest BCUT2D eigenvalue weighted by atomic mass is 9.84. The van der Waals surface area contributed by atoms with Crippen molar-refractivity contribution in [2.75, 3.05) is 4.90 Å². The molecule has 0 atom stereocenters. The molecule has 12 aromatic carbocycles. The minimum absolute atomic E-state index is 0.854. The Balaban J connectivity index is 0.997. The Morgan fingerprint density at radius 2 is 0.818 bits per heavy atom. The molecule has 0 saturated heterocycles.